The summed E-state index contributed by atoms with van der Waals surface area (Å²) in [5, 5.41) is 3.91. The highest BCUT2D eigenvalue weighted by atomic mass is 16.5. The van der Waals surface area contributed by atoms with Crippen molar-refractivity contribution in [1.82, 2.24) is 24.1 Å². The van der Waals surface area contributed by atoms with Gasteiger partial charge in [-0.25, -0.2) is 4.98 Å². The van der Waals surface area contributed by atoms with Gasteiger partial charge >= 0.3 is 0 Å². The van der Waals surface area contributed by atoms with Crippen LogP contribution in [0.2, 0.25) is 0 Å². The van der Waals surface area contributed by atoms with E-state index < -0.39 is 0 Å². The van der Waals surface area contributed by atoms with Crippen LogP contribution in [0.4, 0.5) is 5.95 Å². The Morgan fingerprint density at radius 2 is 1.88 bits per heavy atom. The highest BCUT2D eigenvalue weighted by Gasteiger charge is 2.22. The summed E-state index contributed by atoms with van der Waals surface area (Å²) in [4.78, 5) is 23.6. The topological polar surface area (TPSA) is 81.5 Å². The van der Waals surface area contributed by atoms with Crippen molar-refractivity contribution in [3.05, 3.63) is 40.9 Å². The molecule has 0 aliphatic rings. The largest absolute Gasteiger partial charge is 0.344 e. The van der Waals surface area contributed by atoms with Crippen LogP contribution >= 0.6 is 0 Å². The van der Waals surface area contributed by atoms with Crippen LogP contribution in [0.15, 0.2) is 39.9 Å². The first-order chi connectivity index (χ1) is 12.0. The van der Waals surface area contributed by atoms with Gasteiger partial charge in [0.1, 0.15) is 11.8 Å². The van der Waals surface area contributed by atoms with E-state index in [0.717, 1.165) is 11.0 Å². The van der Waals surface area contributed by atoms with Gasteiger partial charge in [-0.05, 0) is 31.1 Å². The van der Waals surface area contributed by atoms with Crippen molar-refractivity contribution in [1.29, 1.82) is 0 Å². The fourth-order valence-corrected chi connectivity index (χ4v) is 2.99. The Labute approximate surface area is 143 Å². The van der Waals surface area contributed by atoms with Crippen LogP contribution in [0.3, 0.4) is 0 Å². The Balaban J connectivity index is 2.10. The minimum Gasteiger partial charge on any atom is -0.344 e. The van der Waals surface area contributed by atoms with Crippen molar-refractivity contribution in [2.24, 2.45) is 0 Å². The standard InChI is InChI=1S/C17H18N6O2/c1-10(2)23-12-8-6-5-7-11(12)22-9-18-13(14(22)16(23)24)15-19-17(20-25-15)21(3)4/h5-10H,1-4H3. The lowest BCUT2D eigenvalue weighted by molar-refractivity contribution is 0.430. The normalized spacial score (nSPS) is 11.7. The summed E-state index contributed by atoms with van der Waals surface area (Å²) in [7, 11) is 3.64. The summed E-state index contributed by atoms with van der Waals surface area (Å²) in [6.07, 6.45) is 1.62. The van der Waals surface area contributed by atoms with E-state index in [1.54, 1.807) is 20.2 Å². The molecular formula is C17H18N6O2. The van der Waals surface area contributed by atoms with E-state index in [-0.39, 0.29) is 17.5 Å². The van der Waals surface area contributed by atoms with Gasteiger partial charge in [0.15, 0.2) is 5.69 Å². The first-order valence-electron chi connectivity index (χ1n) is 8.00. The van der Waals surface area contributed by atoms with Crippen molar-refractivity contribution in [3.8, 4) is 11.6 Å². The van der Waals surface area contributed by atoms with Crippen molar-refractivity contribution in [2.45, 2.75) is 19.9 Å². The van der Waals surface area contributed by atoms with Crippen LogP contribution < -0.4 is 10.5 Å². The van der Waals surface area contributed by atoms with E-state index in [0.29, 0.717) is 17.2 Å². The Kier molecular flexibility index (Phi) is 3.34. The third-order valence-corrected chi connectivity index (χ3v) is 4.12. The molecular weight excluding hydrogens is 320 g/mol. The highest BCUT2D eigenvalue weighted by molar-refractivity contribution is 5.83. The summed E-state index contributed by atoms with van der Waals surface area (Å²) >= 11 is 0. The highest BCUT2D eigenvalue weighted by Crippen LogP contribution is 2.25. The quantitative estimate of drug-likeness (QED) is 0.570. The smallest absolute Gasteiger partial charge is 0.280 e. The molecule has 0 saturated heterocycles. The van der Waals surface area contributed by atoms with Crippen LogP contribution in [-0.2, 0) is 0 Å². The number of benzene rings is 1. The van der Waals surface area contributed by atoms with E-state index >= 15 is 0 Å². The van der Waals surface area contributed by atoms with Crippen LogP contribution in [0.25, 0.3) is 28.1 Å². The van der Waals surface area contributed by atoms with Crippen molar-refractivity contribution >= 4 is 22.5 Å². The Morgan fingerprint density at radius 3 is 2.52 bits per heavy atom. The lowest BCUT2D eigenvalue weighted by Crippen LogP contribution is -2.24. The van der Waals surface area contributed by atoms with E-state index in [2.05, 4.69) is 15.1 Å². The molecule has 0 N–H and O–H groups in total. The van der Waals surface area contributed by atoms with E-state index in [1.807, 2.05) is 52.2 Å². The van der Waals surface area contributed by atoms with Crippen LogP contribution in [-0.4, -0.2) is 38.2 Å². The number of para-hydroxylation sites is 2. The summed E-state index contributed by atoms with van der Waals surface area (Å²) in [5.74, 6) is 0.662. The molecule has 3 aromatic heterocycles. The molecule has 0 spiro atoms. The number of rotatable bonds is 3. The lowest BCUT2D eigenvalue weighted by Gasteiger charge is -2.15. The molecule has 8 heteroatoms. The van der Waals surface area contributed by atoms with E-state index in [4.69, 9.17) is 4.52 Å². The molecule has 0 radical (unpaired) electrons. The summed E-state index contributed by atoms with van der Waals surface area (Å²) < 4.78 is 8.87. The zero-order valence-corrected chi connectivity index (χ0v) is 14.5. The SMILES string of the molecule is CC(C)n1c(=O)c2c(-c3nc(N(C)C)no3)ncn2c2ccccc21. The monoisotopic (exact) mass is 338 g/mol. The fraction of sp³-hybridized carbons (Fsp3) is 0.294. The Bertz CT molecular complexity index is 1140. The molecule has 4 rings (SSSR count). The Morgan fingerprint density at radius 1 is 1.16 bits per heavy atom. The number of hydrogen-bond acceptors (Lipinski definition) is 6. The maximum absolute atomic E-state index is 13.2. The molecule has 0 fully saturated rings. The molecule has 0 bridgehead atoms. The molecule has 3 heterocycles. The van der Waals surface area contributed by atoms with Gasteiger partial charge in [-0.2, -0.15) is 4.98 Å². The maximum Gasteiger partial charge on any atom is 0.280 e. The van der Waals surface area contributed by atoms with Crippen molar-refractivity contribution in [2.75, 3.05) is 19.0 Å². The van der Waals surface area contributed by atoms with Crippen LogP contribution in [0.1, 0.15) is 19.9 Å². The number of aromatic nitrogens is 5. The molecule has 1 aromatic carbocycles. The second-order valence-corrected chi connectivity index (χ2v) is 6.36. The van der Waals surface area contributed by atoms with Gasteiger partial charge in [0.2, 0.25) is 0 Å². The zero-order chi connectivity index (χ0) is 17.7. The molecule has 8 nitrogen and oxygen atoms in total. The van der Waals surface area contributed by atoms with Crippen LogP contribution in [0.5, 0.6) is 0 Å². The molecule has 0 atom stereocenters. The van der Waals surface area contributed by atoms with Gasteiger partial charge in [-0.3, -0.25) is 9.20 Å². The number of imidazole rings is 1. The second-order valence-electron chi connectivity index (χ2n) is 6.36. The number of hydrogen-bond donors (Lipinski definition) is 0. The van der Waals surface area contributed by atoms with Crippen LogP contribution in [0, 0.1) is 0 Å². The average molecular weight is 338 g/mol. The fourth-order valence-electron chi connectivity index (χ4n) is 2.99. The first kappa shape index (κ1) is 15.4. The molecule has 0 unspecified atom stereocenters. The maximum atomic E-state index is 13.2. The molecule has 0 saturated carbocycles. The van der Waals surface area contributed by atoms with Gasteiger partial charge in [-0.15, -0.1) is 0 Å². The summed E-state index contributed by atoms with van der Waals surface area (Å²) in [6.45, 7) is 3.97. The van der Waals surface area contributed by atoms with Gasteiger partial charge in [0, 0.05) is 20.1 Å². The Hall–Kier alpha value is -3.16. The van der Waals surface area contributed by atoms with Gasteiger partial charge < -0.3 is 14.0 Å². The summed E-state index contributed by atoms with van der Waals surface area (Å²) in [6, 6.07) is 7.77. The molecule has 0 aliphatic carbocycles. The average Bonchev–Trinajstić information content (AvgIpc) is 3.22. The predicted molar refractivity (Wildman–Crippen MR) is 95.0 cm³/mol. The third-order valence-electron chi connectivity index (χ3n) is 4.12. The first-order valence-corrected chi connectivity index (χ1v) is 8.00. The number of anilines is 1. The molecule has 0 aliphatic heterocycles. The lowest BCUT2D eigenvalue weighted by atomic mass is 10.2. The summed E-state index contributed by atoms with van der Waals surface area (Å²) in [5.41, 5.74) is 2.45. The molecule has 128 valence electrons. The number of nitrogens with zero attached hydrogens (tertiary/aromatic N) is 6. The second kappa shape index (κ2) is 5.44. The minimum atomic E-state index is -0.134. The van der Waals surface area contributed by atoms with Crippen molar-refractivity contribution < 1.29 is 4.52 Å². The zero-order valence-electron chi connectivity index (χ0n) is 14.5. The van der Waals surface area contributed by atoms with Gasteiger partial charge in [0.25, 0.3) is 17.4 Å². The predicted octanol–water partition coefficient (Wildman–Crippen LogP) is 2.35. The molecule has 25 heavy (non-hydrogen) atoms. The van der Waals surface area contributed by atoms with Gasteiger partial charge in [-0.1, -0.05) is 12.1 Å². The number of fused-ring (bicyclic) bond motifs is 3. The minimum absolute atomic E-state index is 0.00479. The van der Waals surface area contributed by atoms with Gasteiger partial charge in [0.05, 0.1) is 11.0 Å². The van der Waals surface area contributed by atoms with Crippen molar-refractivity contribution in [3.63, 3.8) is 0 Å². The molecule has 0 amide bonds. The third kappa shape index (κ3) is 2.21. The molecule has 4 aromatic rings. The van der Waals surface area contributed by atoms with E-state index in [1.165, 1.54) is 0 Å². The van der Waals surface area contributed by atoms with E-state index in [9.17, 15) is 4.79 Å².